The summed E-state index contributed by atoms with van der Waals surface area (Å²) in [6.45, 7) is 4.24. The van der Waals surface area contributed by atoms with Crippen LogP contribution in [-0.4, -0.2) is 0 Å². The maximum atomic E-state index is 3.50. The Hall–Kier alpha value is -3.58. The highest BCUT2D eigenvalue weighted by atomic mass is 14.9. The third-order valence-corrected chi connectivity index (χ3v) is 5.09. The van der Waals surface area contributed by atoms with Crippen LogP contribution in [0.25, 0.3) is 11.6 Å². The van der Waals surface area contributed by atoms with Gasteiger partial charge in [0.25, 0.3) is 0 Å². The van der Waals surface area contributed by atoms with Gasteiger partial charge in [0.2, 0.25) is 0 Å². The summed E-state index contributed by atoms with van der Waals surface area (Å²) >= 11 is 0. The molecule has 0 radical (unpaired) electrons. The maximum absolute atomic E-state index is 3.50. The van der Waals surface area contributed by atoms with Crippen molar-refractivity contribution >= 4 is 23.0 Å². The maximum Gasteiger partial charge on any atom is 0.0413 e. The van der Waals surface area contributed by atoms with Crippen LogP contribution in [0, 0.1) is 13.8 Å². The molecule has 1 heteroatoms. The molecule has 0 amide bonds. The van der Waals surface area contributed by atoms with Gasteiger partial charge in [-0.25, -0.2) is 0 Å². The average molecular weight is 376 g/mol. The van der Waals surface area contributed by atoms with E-state index in [9.17, 15) is 0 Å². The van der Waals surface area contributed by atoms with Gasteiger partial charge in [0.05, 0.1) is 0 Å². The van der Waals surface area contributed by atoms with Crippen molar-refractivity contribution in [3.8, 4) is 0 Å². The normalized spacial score (nSPS) is 11.3. The molecule has 1 nitrogen and oxygen atoms in total. The quantitative estimate of drug-likeness (QED) is 0.353. The molecule has 0 aliphatic rings. The first-order chi connectivity index (χ1) is 14.2. The van der Waals surface area contributed by atoms with Crippen molar-refractivity contribution in [3.05, 3.63) is 131 Å². The van der Waals surface area contributed by atoms with E-state index < -0.39 is 0 Å². The van der Waals surface area contributed by atoms with Crippen molar-refractivity contribution in [2.45, 2.75) is 13.8 Å². The first-order valence-corrected chi connectivity index (χ1v) is 9.96. The Balaban J connectivity index is 1.65. The van der Waals surface area contributed by atoms with Gasteiger partial charge in [0.15, 0.2) is 0 Å². The number of benzene rings is 4. The second-order valence-corrected chi connectivity index (χ2v) is 7.35. The fourth-order valence-corrected chi connectivity index (χ4v) is 3.38. The predicted molar refractivity (Wildman–Crippen MR) is 125 cm³/mol. The molecular formula is C28H25N. The molecule has 4 aromatic rings. The molecule has 0 bridgehead atoms. The van der Waals surface area contributed by atoms with Crippen LogP contribution in [0.1, 0.15) is 27.8 Å². The number of anilines is 2. The molecule has 0 heterocycles. The van der Waals surface area contributed by atoms with E-state index in [1.807, 2.05) is 0 Å². The largest absolute Gasteiger partial charge is 0.355 e. The third kappa shape index (κ3) is 4.64. The molecule has 0 aromatic heterocycles. The average Bonchev–Trinajstić information content (AvgIpc) is 2.76. The van der Waals surface area contributed by atoms with Crippen molar-refractivity contribution in [2.75, 3.05) is 5.32 Å². The third-order valence-electron chi connectivity index (χ3n) is 5.09. The SMILES string of the molecule is Cc1ccc(C(=Cc2ccc(Nc3ccccc3C)cc2)c2ccccc2)cc1. The summed E-state index contributed by atoms with van der Waals surface area (Å²) in [6.07, 6.45) is 2.26. The van der Waals surface area contributed by atoms with Gasteiger partial charge in [-0.15, -0.1) is 0 Å². The second-order valence-electron chi connectivity index (χ2n) is 7.35. The molecule has 29 heavy (non-hydrogen) atoms. The number of hydrogen-bond donors (Lipinski definition) is 1. The van der Waals surface area contributed by atoms with E-state index in [4.69, 9.17) is 0 Å². The minimum absolute atomic E-state index is 1.09. The van der Waals surface area contributed by atoms with E-state index in [-0.39, 0.29) is 0 Å². The highest BCUT2D eigenvalue weighted by Crippen LogP contribution is 2.27. The van der Waals surface area contributed by atoms with E-state index in [0.29, 0.717) is 0 Å². The Bertz CT molecular complexity index is 1110. The van der Waals surface area contributed by atoms with Crippen LogP contribution >= 0.6 is 0 Å². The van der Waals surface area contributed by atoms with Crippen LogP contribution in [-0.2, 0) is 0 Å². The molecule has 0 unspecified atom stereocenters. The summed E-state index contributed by atoms with van der Waals surface area (Å²) < 4.78 is 0. The van der Waals surface area contributed by atoms with Crippen LogP contribution < -0.4 is 5.32 Å². The van der Waals surface area contributed by atoms with Gasteiger partial charge in [-0.2, -0.15) is 0 Å². The van der Waals surface area contributed by atoms with Crippen LogP contribution in [0.2, 0.25) is 0 Å². The lowest BCUT2D eigenvalue weighted by atomic mass is 9.95. The molecule has 142 valence electrons. The van der Waals surface area contributed by atoms with Gasteiger partial charge >= 0.3 is 0 Å². The Morgan fingerprint density at radius 1 is 0.621 bits per heavy atom. The van der Waals surface area contributed by atoms with Gasteiger partial charge in [0, 0.05) is 11.4 Å². The van der Waals surface area contributed by atoms with Crippen LogP contribution in [0.3, 0.4) is 0 Å². The summed E-state index contributed by atoms with van der Waals surface area (Å²) in [7, 11) is 0. The smallest absolute Gasteiger partial charge is 0.0413 e. The summed E-state index contributed by atoms with van der Waals surface area (Å²) in [6, 6.07) is 36.2. The Morgan fingerprint density at radius 3 is 1.93 bits per heavy atom. The zero-order chi connectivity index (χ0) is 20.1. The minimum atomic E-state index is 1.09. The van der Waals surface area contributed by atoms with Gasteiger partial charge in [-0.05, 0) is 65.9 Å². The Labute approximate surface area is 173 Å². The highest BCUT2D eigenvalue weighted by molar-refractivity contribution is 5.91. The zero-order valence-corrected chi connectivity index (χ0v) is 16.9. The molecule has 4 rings (SSSR count). The molecule has 0 saturated heterocycles. The Kier molecular flexibility index (Phi) is 5.58. The summed E-state index contributed by atoms with van der Waals surface area (Å²) in [4.78, 5) is 0. The van der Waals surface area contributed by atoms with Crippen molar-refractivity contribution in [3.63, 3.8) is 0 Å². The lowest BCUT2D eigenvalue weighted by molar-refractivity contribution is 1.43. The predicted octanol–water partition coefficient (Wildman–Crippen LogP) is 7.64. The van der Waals surface area contributed by atoms with Gasteiger partial charge < -0.3 is 5.32 Å². The van der Waals surface area contributed by atoms with Crippen molar-refractivity contribution in [2.24, 2.45) is 0 Å². The monoisotopic (exact) mass is 375 g/mol. The molecule has 0 saturated carbocycles. The highest BCUT2D eigenvalue weighted by Gasteiger charge is 2.05. The summed E-state index contributed by atoms with van der Waals surface area (Å²) in [5.41, 5.74) is 9.59. The number of nitrogens with one attached hydrogen (secondary N) is 1. The molecule has 0 spiro atoms. The number of para-hydroxylation sites is 1. The van der Waals surface area contributed by atoms with E-state index in [1.165, 1.54) is 33.4 Å². The summed E-state index contributed by atoms with van der Waals surface area (Å²) in [5, 5.41) is 3.50. The van der Waals surface area contributed by atoms with Crippen LogP contribution in [0.5, 0.6) is 0 Å². The van der Waals surface area contributed by atoms with E-state index >= 15 is 0 Å². The number of rotatable bonds is 5. The standard InChI is InChI=1S/C28H25N/c1-21-12-16-25(17-13-21)27(24-9-4-3-5-10-24)20-23-14-18-26(19-15-23)29-28-11-7-6-8-22(28)2/h3-20,29H,1-2H3. The lowest BCUT2D eigenvalue weighted by Crippen LogP contribution is -1.93. The first kappa shape index (κ1) is 18.8. The lowest BCUT2D eigenvalue weighted by Gasteiger charge is -2.11. The molecular weight excluding hydrogens is 350 g/mol. The number of aryl methyl sites for hydroxylation is 2. The van der Waals surface area contributed by atoms with Crippen LogP contribution in [0.4, 0.5) is 11.4 Å². The van der Waals surface area contributed by atoms with Crippen molar-refractivity contribution < 1.29 is 0 Å². The first-order valence-electron chi connectivity index (χ1n) is 9.96. The second kappa shape index (κ2) is 8.62. The number of hydrogen-bond acceptors (Lipinski definition) is 1. The molecule has 1 N–H and O–H groups in total. The molecule has 0 fully saturated rings. The molecule has 0 aliphatic carbocycles. The fourth-order valence-electron chi connectivity index (χ4n) is 3.38. The van der Waals surface area contributed by atoms with Gasteiger partial charge in [0.1, 0.15) is 0 Å². The van der Waals surface area contributed by atoms with E-state index in [0.717, 1.165) is 11.4 Å². The Morgan fingerprint density at radius 2 is 1.24 bits per heavy atom. The van der Waals surface area contributed by atoms with Gasteiger partial charge in [-0.3, -0.25) is 0 Å². The van der Waals surface area contributed by atoms with E-state index in [1.54, 1.807) is 0 Å². The molecule has 0 atom stereocenters. The zero-order valence-electron chi connectivity index (χ0n) is 16.9. The van der Waals surface area contributed by atoms with E-state index in [2.05, 4.69) is 128 Å². The van der Waals surface area contributed by atoms with Gasteiger partial charge in [-0.1, -0.05) is 90.5 Å². The topological polar surface area (TPSA) is 12.0 Å². The summed E-state index contributed by atoms with van der Waals surface area (Å²) in [5.74, 6) is 0. The fraction of sp³-hybridized carbons (Fsp3) is 0.0714. The van der Waals surface area contributed by atoms with Crippen LogP contribution in [0.15, 0.2) is 103 Å². The van der Waals surface area contributed by atoms with Crippen molar-refractivity contribution in [1.29, 1.82) is 0 Å². The minimum Gasteiger partial charge on any atom is -0.355 e. The molecule has 0 aliphatic heterocycles. The van der Waals surface area contributed by atoms with Crippen molar-refractivity contribution in [1.82, 2.24) is 0 Å². The molecule has 4 aromatic carbocycles.